The zero-order valence-electron chi connectivity index (χ0n) is 26.8. The Morgan fingerprint density at radius 3 is 2.50 bits per heavy atom. The fourth-order valence-electron chi connectivity index (χ4n) is 7.95. The van der Waals surface area contributed by atoms with Crippen LogP contribution in [0.5, 0.6) is 0 Å². The minimum absolute atomic E-state index is 0.0644. The summed E-state index contributed by atoms with van der Waals surface area (Å²) in [6.45, 7) is 11.4. The van der Waals surface area contributed by atoms with Gasteiger partial charge in [-0.3, -0.25) is 9.36 Å². The predicted molar refractivity (Wildman–Crippen MR) is 190 cm³/mol. The standard InChI is InChI=1S/C37H42Cl2N6O/c1-24-31-19-26(37(31,2)3)20-33(24)42-36(44-17-15-43(16-18-44)29-7-5-4-6-8-29)41-28-11-12-30-34(22-28)40-23-45(35(30)46)14-13-25-9-10-27(38)21-32(25)39/h4-12,21-24,26,31,33H,13-20H2,1-3H3,(H,41,42)/t24-,26?,31+,33-/m0/s1. The van der Waals surface area contributed by atoms with E-state index in [1.807, 2.05) is 30.3 Å². The highest BCUT2D eigenvalue weighted by atomic mass is 35.5. The molecular weight excluding hydrogens is 615 g/mol. The molecule has 0 amide bonds. The molecule has 2 heterocycles. The second-order valence-corrected chi connectivity index (χ2v) is 14.7. The molecule has 9 heteroatoms. The van der Waals surface area contributed by atoms with E-state index >= 15 is 0 Å². The molecule has 2 bridgehead atoms. The van der Waals surface area contributed by atoms with Crippen molar-refractivity contribution in [3.63, 3.8) is 0 Å². The molecule has 8 rings (SSSR count). The SMILES string of the molecule is C[C@@H]1[C@@H](/N=C(/Nc2ccc3c(=O)n(CCc4ccc(Cl)cc4Cl)cnc3c2)N2CCN(c3ccccc3)CC2)CC2C[C@H]1C2(C)C. The highest BCUT2D eigenvalue weighted by Crippen LogP contribution is 2.61. The van der Waals surface area contributed by atoms with Crippen molar-refractivity contribution in [2.45, 2.75) is 52.6 Å². The van der Waals surface area contributed by atoms with Crippen LogP contribution < -0.4 is 15.8 Å². The second kappa shape index (κ2) is 12.6. The maximum atomic E-state index is 13.4. The van der Waals surface area contributed by atoms with Crippen LogP contribution in [0.1, 0.15) is 39.2 Å². The van der Waals surface area contributed by atoms with Gasteiger partial charge in [0.2, 0.25) is 0 Å². The van der Waals surface area contributed by atoms with E-state index in [1.54, 1.807) is 17.0 Å². The third-order valence-corrected chi connectivity index (χ3v) is 11.6. The monoisotopic (exact) mass is 656 g/mol. The van der Waals surface area contributed by atoms with Crippen molar-refractivity contribution in [3.05, 3.63) is 99.0 Å². The molecule has 1 aliphatic heterocycles. The summed E-state index contributed by atoms with van der Waals surface area (Å²) >= 11 is 12.4. The lowest BCUT2D eigenvalue weighted by atomic mass is 9.45. The Kier molecular flexibility index (Phi) is 8.49. The fraction of sp³-hybridized carbons (Fsp3) is 0.432. The number of nitrogens with one attached hydrogen (secondary N) is 1. The number of rotatable bonds is 6. The van der Waals surface area contributed by atoms with E-state index in [2.05, 4.69) is 71.2 Å². The van der Waals surface area contributed by atoms with Gasteiger partial charge in [-0.2, -0.15) is 0 Å². The van der Waals surface area contributed by atoms with Crippen LogP contribution in [-0.2, 0) is 13.0 Å². The van der Waals surface area contributed by atoms with Gasteiger partial charge in [-0.05, 0) is 90.5 Å². The third-order valence-electron chi connectivity index (χ3n) is 11.0. The first-order valence-electron chi connectivity index (χ1n) is 16.5. The number of guanidine groups is 1. The average molecular weight is 658 g/mol. The molecule has 46 heavy (non-hydrogen) atoms. The maximum absolute atomic E-state index is 13.4. The summed E-state index contributed by atoms with van der Waals surface area (Å²) in [6, 6.07) is 22.2. The van der Waals surface area contributed by atoms with Gasteiger partial charge in [-0.25, -0.2) is 9.98 Å². The van der Waals surface area contributed by atoms with E-state index in [4.69, 9.17) is 28.2 Å². The van der Waals surface area contributed by atoms with Gasteiger partial charge < -0.3 is 15.1 Å². The first-order chi connectivity index (χ1) is 22.2. The quantitative estimate of drug-likeness (QED) is 0.171. The summed E-state index contributed by atoms with van der Waals surface area (Å²) in [7, 11) is 0. The van der Waals surface area contributed by atoms with E-state index in [0.29, 0.717) is 51.3 Å². The van der Waals surface area contributed by atoms with Gasteiger partial charge in [0.1, 0.15) is 0 Å². The number of anilines is 2. The van der Waals surface area contributed by atoms with Gasteiger partial charge in [0, 0.05) is 54.1 Å². The van der Waals surface area contributed by atoms with E-state index in [0.717, 1.165) is 61.6 Å². The zero-order chi connectivity index (χ0) is 32.0. The van der Waals surface area contributed by atoms with Crippen molar-refractivity contribution < 1.29 is 0 Å². The van der Waals surface area contributed by atoms with Crippen LogP contribution >= 0.6 is 23.2 Å². The Morgan fingerprint density at radius 2 is 1.78 bits per heavy atom. The Hall–Kier alpha value is -3.55. The molecule has 3 aromatic carbocycles. The van der Waals surface area contributed by atoms with Crippen LogP contribution in [0.25, 0.3) is 10.9 Å². The number of benzene rings is 3. The lowest BCUT2D eigenvalue weighted by molar-refractivity contribution is -0.108. The Bertz CT molecular complexity index is 1810. The van der Waals surface area contributed by atoms with Crippen molar-refractivity contribution in [1.82, 2.24) is 14.5 Å². The second-order valence-electron chi connectivity index (χ2n) is 13.9. The molecule has 4 atom stereocenters. The van der Waals surface area contributed by atoms with Gasteiger partial charge in [-0.15, -0.1) is 0 Å². The number of hydrogen-bond donors (Lipinski definition) is 1. The van der Waals surface area contributed by atoms with E-state index in [-0.39, 0.29) is 5.56 Å². The average Bonchev–Trinajstić information content (AvgIpc) is 3.06. The fourth-order valence-corrected chi connectivity index (χ4v) is 8.45. The van der Waals surface area contributed by atoms with Crippen molar-refractivity contribution in [2.75, 3.05) is 36.4 Å². The van der Waals surface area contributed by atoms with Crippen LogP contribution in [-0.4, -0.2) is 52.6 Å². The van der Waals surface area contributed by atoms with E-state index in [9.17, 15) is 4.79 Å². The Morgan fingerprint density at radius 1 is 1.00 bits per heavy atom. The maximum Gasteiger partial charge on any atom is 0.261 e. The number of aryl methyl sites for hydroxylation is 2. The highest BCUT2D eigenvalue weighted by molar-refractivity contribution is 6.35. The molecule has 0 radical (unpaired) electrons. The molecule has 1 aromatic heterocycles. The summed E-state index contributed by atoms with van der Waals surface area (Å²) in [6.07, 6.45) is 4.71. The van der Waals surface area contributed by atoms with Gasteiger partial charge in [-0.1, -0.05) is 68.2 Å². The van der Waals surface area contributed by atoms with Gasteiger partial charge in [0.15, 0.2) is 5.96 Å². The number of fused-ring (bicyclic) bond motifs is 3. The first-order valence-corrected chi connectivity index (χ1v) is 17.3. The normalized spacial score (nSPS) is 24.2. The van der Waals surface area contributed by atoms with Crippen LogP contribution in [0.4, 0.5) is 11.4 Å². The van der Waals surface area contributed by atoms with Gasteiger partial charge in [0.25, 0.3) is 5.56 Å². The Labute approximate surface area is 281 Å². The van der Waals surface area contributed by atoms with Crippen molar-refractivity contribution in [2.24, 2.45) is 28.2 Å². The van der Waals surface area contributed by atoms with Crippen LogP contribution in [0.15, 0.2) is 82.8 Å². The summed E-state index contributed by atoms with van der Waals surface area (Å²) in [5.41, 5.74) is 4.12. The molecule has 4 aliphatic rings. The highest BCUT2D eigenvalue weighted by Gasteiger charge is 2.56. The lowest BCUT2D eigenvalue weighted by Crippen LogP contribution is -2.57. The smallest absolute Gasteiger partial charge is 0.261 e. The number of hydrogen-bond acceptors (Lipinski definition) is 4. The minimum atomic E-state index is -0.0644. The molecule has 240 valence electrons. The van der Waals surface area contributed by atoms with E-state index < -0.39 is 0 Å². The first kappa shape index (κ1) is 31.1. The van der Waals surface area contributed by atoms with Gasteiger partial charge in [0.05, 0.1) is 23.3 Å². The minimum Gasteiger partial charge on any atom is -0.368 e. The molecule has 4 aromatic rings. The summed E-state index contributed by atoms with van der Waals surface area (Å²) in [5, 5.41) is 5.48. The summed E-state index contributed by atoms with van der Waals surface area (Å²) in [4.78, 5) is 28.4. The van der Waals surface area contributed by atoms with Crippen LogP contribution in [0.3, 0.4) is 0 Å². The van der Waals surface area contributed by atoms with Crippen LogP contribution in [0.2, 0.25) is 10.0 Å². The van der Waals surface area contributed by atoms with Crippen molar-refractivity contribution in [1.29, 1.82) is 0 Å². The molecular formula is C37H42Cl2N6O. The summed E-state index contributed by atoms with van der Waals surface area (Å²) in [5.74, 6) is 2.93. The molecule has 1 unspecified atom stereocenters. The zero-order valence-corrected chi connectivity index (χ0v) is 28.3. The number of nitrogens with zero attached hydrogens (tertiary/aromatic N) is 5. The Balaban J connectivity index is 1.11. The molecule has 3 saturated carbocycles. The third kappa shape index (κ3) is 6.00. The number of aliphatic imine (C=N–C) groups is 1. The predicted octanol–water partition coefficient (Wildman–Crippen LogP) is 7.61. The molecule has 4 fully saturated rings. The molecule has 3 aliphatic carbocycles. The van der Waals surface area contributed by atoms with E-state index in [1.165, 1.54) is 12.1 Å². The van der Waals surface area contributed by atoms with Crippen molar-refractivity contribution >= 4 is 51.4 Å². The summed E-state index contributed by atoms with van der Waals surface area (Å²) < 4.78 is 1.65. The molecule has 0 spiro atoms. The number of aromatic nitrogens is 2. The number of para-hydroxylation sites is 1. The molecule has 1 saturated heterocycles. The largest absolute Gasteiger partial charge is 0.368 e. The lowest BCUT2D eigenvalue weighted by Gasteiger charge is -2.61. The number of halogens is 2. The molecule has 1 N–H and O–H groups in total. The van der Waals surface area contributed by atoms with Gasteiger partial charge >= 0.3 is 0 Å². The topological polar surface area (TPSA) is 65.8 Å². The van der Waals surface area contributed by atoms with Crippen LogP contribution in [0, 0.1) is 23.2 Å². The number of piperazine rings is 1. The molecule has 7 nitrogen and oxygen atoms in total. The van der Waals surface area contributed by atoms with Crippen molar-refractivity contribution in [3.8, 4) is 0 Å².